The van der Waals surface area contributed by atoms with Crippen LogP contribution in [0.3, 0.4) is 0 Å². The molecule has 0 saturated carbocycles. The Labute approximate surface area is 120 Å². The molecule has 0 aliphatic rings. The van der Waals surface area contributed by atoms with Gasteiger partial charge in [0.05, 0.1) is 21.3 Å². The maximum absolute atomic E-state index is 10.9. The quantitative estimate of drug-likeness (QED) is 0.859. The highest BCUT2D eigenvalue weighted by Crippen LogP contribution is 2.35. The van der Waals surface area contributed by atoms with E-state index in [4.69, 9.17) is 28.3 Å². The zero-order chi connectivity index (χ0) is 14.0. The maximum atomic E-state index is 10.9. The molecule has 0 aliphatic carbocycles. The molecule has 3 nitrogen and oxygen atoms in total. The van der Waals surface area contributed by atoms with Crippen molar-refractivity contribution in [2.75, 3.05) is 5.32 Å². The number of benzene rings is 2. The Morgan fingerprint density at radius 2 is 1.95 bits per heavy atom. The van der Waals surface area contributed by atoms with Crippen molar-refractivity contribution in [1.29, 1.82) is 0 Å². The number of halogens is 2. The van der Waals surface area contributed by atoms with E-state index in [1.54, 1.807) is 18.2 Å². The molecule has 0 heterocycles. The minimum atomic E-state index is -0.981. The maximum Gasteiger partial charge on any atom is 0.335 e. The number of carboxylic acid groups (broad SMARTS) is 1. The second-order valence-corrected chi connectivity index (χ2v) is 4.85. The summed E-state index contributed by atoms with van der Waals surface area (Å²) in [6, 6.07) is 10.0. The van der Waals surface area contributed by atoms with Gasteiger partial charge in [0.15, 0.2) is 0 Å². The lowest BCUT2D eigenvalue weighted by molar-refractivity contribution is 0.0697. The second-order valence-electron chi connectivity index (χ2n) is 4.06. The first kappa shape index (κ1) is 13.7. The normalized spacial score (nSPS) is 10.3. The van der Waals surface area contributed by atoms with Gasteiger partial charge in [-0.1, -0.05) is 35.3 Å². The topological polar surface area (TPSA) is 49.3 Å². The number of carboxylic acids is 1. The Morgan fingerprint density at radius 3 is 2.63 bits per heavy atom. The van der Waals surface area contributed by atoms with Crippen LogP contribution in [0.25, 0.3) is 0 Å². The van der Waals surface area contributed by atoms with Crippen LogP contribution in [0.15, 0.2) is 36.4 Å². The molecule has 98 valence electrons. The predicted molar refractivity (Wildman–Crippen MR) is 77.9 cm³/mol. The van der Waals surface area contributed by atoms with Gasteiger partial charge in [0, 0.05) is 5.69 Å². The van der Waals surface area contributed by atoms with Gasteiger partial charge in [-0.25, -0.2) is 4.79 Å². The first-order valence-electron chi connectivity index (χ1n) is 5.54. The molecule has 0 fully saturated rings. The number of anilines is 2. The Kier molecular flexibility index (Phi) is 3.98. The van der Waals surface area contributed by atoms with Crippen molar-refractivity contribution >= 4 is 40.5 Å². The molecule has 0 bridgehead atoms. The lowest BCUT2D eigenvalue weighted by Gasteiger charge is -2.12. The average molecular weight is 296 g/mol. The Hall–Kier alpha value is -1.71. The molecule has 0 unspecified atom stereocenters. The second kappa shape index (κ2) is 5.51. The molecule has 0 saturated heterocycles. The summed E-state index contributed by atoms with van der Waals surface area (Å²) in [6.45, 7) is 1.87. The standard InChI is InChI=1S/C14H11Cl2NO2/c1-8-5-6-11(15)13(12(8)16)17-10-4-2-3-9(7-10)14(18)19/h2-7,17H,1H3,(H,18,19). The fraction of sp³-hybridized carbons (Fsp3) is 0.0714. The highest BCUT2D eigenvalue weighted by atomic mass is 35.5. The van der Waals surface area contributed by atoms with E-state index in [-0.39, 0.29) is 5.56 Å². The predicted octanol–water partition coefficient (Wildman–Crippen LogP) is 4.74. The van der Waals surface area contributed by atoms with Gasteiger partial charge in [0.25, 0.3) is 0 Å². The lowest BCUT2D eigenvalue weighted by atomic mass is 10.2. The van der Waals surface area contributed by atoms with Gasteiger partial charge in [0.2, 0.25) is 0 Å². The van der Waals surface area contributed by atoms with Crippen LogP contribution in [0.2, 0.25) is 10.0 Å². The Balaban J connectivity index is 2.39. The number of rotatable bonds is 3. The molecular formula is C14H11Cl2NO2. The summed E-state index contributed by atoms with van der Waals surface area (Å²) in [5.74, 6) is -0.981. The van der Waals surface area contributed by atoms with Crippen LogP contribution in [-0.4, -0.2) is 11.1 Å². The minimum absolute atomic E-state index is 0.199. The highest BCUT2D eigenvalue weighted by Gasteiger charge is 2.10. The van der Waals surface area contributed by atoms with Gasteiger partial charge in [0.1, 0.15) is 0 Å². The molecule has 0 radical (unpaired) electrons. The largest absolute Gasteiger partial charge is 0.478 e. The summed E-state index contributed by atoms with van der Waals surface area (Å²) >= 11 is 12.3. The zero-order valence-corrected chi connectivity index (χ0v) is 11.6. The Bertz CT molecular complexity index is 641. The van der Waals surface area contributed by atoms with E-state index in [2.05, 4.69) is 5.32 Å². The van der Waals surface area contributed by atoms with Gasteiger partial charge in [-0.15, -0.1) is 0 Å². The van der Waals surface area contributed by atoms with Gasteiger partial charge in [-0.2, -0.15) is 0 Å². The van der Waals surface area contributed by atoms with Crippen LogP contribution in [0.1, 0.15) is 15.9 Å². The van der Waals surface area contributed by atoms with Gasteiger partial charge < -0.3 is 10.4 Å². The fourth-order valence-corrected chi connectivity index (χ4v) is 2.11. The van der Waals surface area contributed by atoms with Crippen molar-refractivity contribution < 1.29 is 9.90 Å². The molecule has 0 spiro atoms. The summed E-state index contributed by atoms with van der Waals surface area (Å²) in [5.41, 5.74) is 2.29. The molecule has 2 rings (SSSR count). The van der Waals surface area contributed by atoms with Crippen LogP contribution in [0.4, 0.5) is 11.4 Å². The van der Waals surface area contributed by atoms with E-state index < -0.39 is 5.97 Å². The van der Waals surface area contributed by atoms with Crippen LogP contribution in [-0.2, 0) is 0 Å². The van der Waals surface area contributed by atoms with E-state index in [0.717, 1.165) is 5.56 Å². The SMILES string of the molecule is Cc1ccc(Cl)c(Nc2cccc(C(=O)O)c2)c1Cl. The van der Waals surface area contributed by atoms with E-state index in [1.807, 2.05) is 13.0 Å². The number of carbonyl (C=O) groups is 1. The molecule has 2 aromatic rings. The van der Waals surface area contributed by atoms with Gasteiger partial charge in [-0.05, 0) is 36.8 Å². The van der Waals surface area contributed by atoms with Crippen molar-refractivity contribution in [3.63, 3.8) is 0 Å². The Morgan fingerprint density at radius 1 is 1.21 bits per heavy atom. The van der Waals surface area contributed by atoms with Crippen molar-refractivity contribution in [2.45, 2.75) is 6.92 Å². The molecule has 0 atom stereocenters. The number of nitrogens with one attached hydrogen (secondary N) is 1. The molecule has 0 amide bonds. The summed E-state index contributed by atoms with van der Waals surface area (Å²) in [6.07, 6.45) is 0. The first-order valence-corrected chi connectivity index (χ1v) is 6.29. The fourth-order valence-electron chi connectivity index (χ4n) is 1.65. The van der Waals surface area contributed by atoms with E-state index >= 15 is 0 Å². The number of aromatic carboxylic acids is 1. The van der Waals surface area contributed by atoms with Crippen LogP contribution in [0.5, 0.6) is 0 Å². The summed E-state index contributed by atoms with van der Waals surface area (Å²) in [5, 5.41) is 13.0. The van der Waals surface area contributed by atoms with Crippen molar-refractivity contribution in [2.24, 2.45) is 0 Å². The molecule has 5 heteroatoms. The van der Waals surface area contributed by atoms with Crippen molar-refractivity contribution in [3.05, 3.63) is 57.6 Å². The molecule has 2 aromatic carbocycles. The highest BCUT2D eigenvalue weighted by molar-refractivity contribution is 6.39. The monoisotopic (exact) mass is 295 g/mol. The summed E-state index contributed by atoms with van der Waals surface area (Å²) in [4.78, 5) is 10.9. The number of aryl methyl sites for hydroxylation is 1. The van der Waals surface area contributed by atoms with Crippen LogP contribution < -0.4 is 5.32 Å². The van der Waals surface area contributed by atoms with E-state index in [9.17, 15) is 4.79 Å². The summed E-state index contributed by atoms with van der Waals surface area (Å²) in [7, 11) is 0. The number of hydrogen-bond acceptors (Lipinski definition) is 2. The van der Waals surface area contributed by atoms with Crippen LogP contribution in [0, 0.1) is 6.92 Å². The van der Waals surface area contributed by atoms with Gasteiger partial charge in [-0.3, -0.25) is 0 Å². The number of hydrogen-bond donors (Lipinski definition) is 2. The van der Waals surface area contributed by atoms with Crippen molar-refractivity contribution in [3.8, 4) is 0 Å². The smallest absolute Gasteiger partial charge is 0.335 e. The molecule has 2 N–H and O–H groups in total. The first-order chi connectivity index (χ1) is 8.99. The van der Waals surface area contributed by atoms with Crippen LogP contribution >= 0.6 is 23.2 Å². The van der Waals surface area contributed by atoms with Gasteiger partial charge >= 0.3 is 5.97 Å². The van der Waals surface area contributed by atoms with Crippen molar-refractivity contribution in [1.82, 2.24) is 0 Å². The third kappa shape index (κ3) is 3.00. The average Bonchev–Trinajstić information content (AvgIpc) is 2.39. The lowest BCUT2D eigenvalue weighted by Crippen LogP contribution is -1.99. The zero-order valence-electron chi connectivity index (χ0n) is 10.1. The molecular weight excluding hydrogens is 285 g/mol. The summed E-state index contributed by atoms with van der Waals surface area (Å²) < 4.78 is 0. The third-order valence-corrected chi connectivity index (χ3v) is 3.47. The molecule has 0 aliphatic heterocycles. The third-order valence-electron chi connectivity index (χ3n) is 2.66. The van der Waals surface area contributed by atoms with E-state index in [0.29, 0.717) is 21.4 Å². The minimum Gasteiger partial charge on any atom is -0.478 e. The van der Waals surface area contributed by atoms with E-state index in [1.165, 1.54) is 12.1 Å². The molecule has 19 heavy (non-hydrogen) atoms. The molecule has 0 aromatic heterocycles.